The molecule has 0 N–H and O–H groups in total. The number of hydrogen-bond acceptors (Lipinski definition) is 2. The summed E-state index contributed by atoms with van der Waals surface area (Å²) in [5, 5.41) is 0. The van der Waals surface area contributed by atoms with Gasteiger partial charge in [0.25, 0.3) is 0 Å². The first-order valence-electron chi connectivity index (χ1n) is 5.82. The van der Waals surface area contributed by atoms with Gasteiger partial charge in [0.1, 0.15) is 6.10 Å². The Morgan fingerprint density at radius 1 is 0.882 bits per heavy atom. The molecular weight excluding hydrogens is 228 g/mol. The molecule has 1 heterocycles. The molecule has 3 rings (SSSR count). The van der Waals surface area contributed by atoms with E-state index in [0.29, 0.717) is 12.2 Å². The lowest BCUT2D eigenvalue weighted by Gasteiger charge is -1.98. The summed E-state index contributed by atoms with van der Waals surface area (Å²) in [6.45, 7) is 0. The molecule has 0 amide bonds. The van der Waals surface area contributed by atoms with E-state index >= 15 is 0 Å². The third-order valence-electron chi connectivity index (χ3n) is 2.87. The maximum absolute atomic E-state index is 5.70. The second kappa shape index (κ2) is 4.94. The average Bonchev–Trinajstić information content (AvgIpc) is 3.18. The maximum atomic E-state index is 5.70. The Kier molecular flexibility index (Phi) is 3.16. The lowest BCUT2D eigenvalue weighted by Crippen LogP contribution is -1.92. The fourth-order valence-corrected chi connectivity index (χ4v) is 2.86. The largest absolute Gasteiger partial charge is 0.364 e. The number of benzene rings is 2. The molecule has 0 radical (unpaired) electrons. The molecule has 0 bridgehead atoms. The molecule has 1 saturated heterocycles. The van der Waals surface area contributed by atoms with E-state index in [4.69, 9.17) is 4.74 Å². The molecule has 1 nitrogen and oxygen atoms in total. The predicted octanol–water partition coefficient (Wildman–Crippen LogP) is 3.92. The van der Waals surface area contributed by atoms with Gasteiger partial charge in [-0.05, 0) is 17.7 Å². The summed E-state index contributed by atoms with van der Waals surface area (Å²) in [5.41, 5.74) is 1.30. The molecule has 2 aromatic carbocycles. The molecular formula is C15H14OS. The quantitative estimate of drug-likeness (QED) is 0.595. The summed E-state index contributed by atoms with van der Waals surface area (Å²) in [6.07, 6.45) is 0.690. The molecule has 2 aromatic rings. The first-order valence-corrected chi connectivity index (χ1v) is 6.80. The molecule has 0 aromatic heterocycles. The standard InChI is InChI=1S/C15H14OS/c1-3-7-12(8-4-1)15-14(16-15)11-17-13-9-5-2-6-10-13/h1-10,14-15H,11H2/t14-,15-/m0/s1. The number of thioether (sulfide) groups is 1. The van der Waals surface area contributed by atoms with Gasteiger partial charge in [0.05, 0.1) is 6.10 Å². The van der Waals surface area contributed by atoms with E-state index in [-0.39, 0.29) is 0 Å². The first-order chi connectivity index (χ1) is 8.43. The Morgan fingerprint density at radius 3 is 2.24 bits per heavy atom. The third kappa shape index (κ3) is 2.71. The maximum Gasteiger partial charge on any atom is 0.110 e. The number of rotatable bonds is 4. The van der Waals surface area contributed by atoms with Gasteiger partial charge in [0, 0.05) is 10.6 Å². The highest BCUT2D eigenvalue weighted by Crippen LogP contribution is 2.41. The zero-order valence-corrected chi connectivity index (χ0v) is 10.3. The van der Waals surface area contributed by atoms with Crippen LogP contribution in [-0.4, -0.2) is 11.9 Å². The normalized spacial score (nSPS) is 22.4. The molecule has 2 atom stereocenters. The Morgan fingerprint density at radius 2 is 1.53 bits per heavy atom. The van der Waals surface area contributed by atoms with Crippen LogP contribution in [0.25, 0.3) is 0 Å². The van der Waals surface area contributed by atoms with E-state index in [0.717, 1.165) is 5.75 Å². The zero-order valence-electron chi connectivity index (χ0n) is 9.45. The van der Waals surface area contributed by atoms with Crippen molar-refractivity contribution in [3.63, 3.8) is 0 Å². The van der Waals surface area contributed by atoms with Crippen molar-refractivity contribution in [2.45, 2.75) is 17.1 Å². The molecule has 0 aliphatic carbocycles. The van der Waals surface area contributed by atoms with Crippen LogP contribution in [0.4, 0.5) is 0 Å². The molecule has 2 heteroatoms. The molecule has 1 aliphatic heterocycles. The summed E-state index contributed by atoms with van der Waals surface area (Å²) in [4.78, 5) is 1.31. The van der Waals surface area contributed by atoms with E-state index in [2.05, 4.69) is 48.5 Å². The summed E-state index contributed by atoms with van der Waals surface area (Å²) < 4.78 is 5.70. The Bertz CT molecular complexity index is 469. The molecule has 1 fully saturated rings. The van der Waals surface area contributed by atoms with Gasteiger partial charge in [-0.15, -0.1) is 11.8 Å². The van der Waals surface area contributed by atoms with Gasteiger partial charge < -0.3 is 4.74 Å². The van der Waals surface area contributed by atoms with Gasteiger partial charge in [0.15, 0.2) is 0 Å². The van der Waals surface area contributed by atoms with Crippen molar-refractivity contribution in [1.82, 2.24) is 0 Å². The zero-order chi connectivity index (χ0) is 11.5. The summed E-state index contributed by atoms with van der Waals surface area (Å²) >= 11 is 1.86. The van der Waals surface area contributed by atoms with Crippen LogP contribution < -0.4 is 0 Å². The van der Waals surface area contributed by atoms with E-state index < -0.39 is 0 Å². The van der Waals surface area contributed by atoms with Crippen molar-refractivity contribution in [2.75, 3.05) is 5.75 Å². The van der Waals surface area contributed by atoms with Crippen molar-refractivity contribution in [3.8, 4) is 0 Å². The minimum absolute atomic E-state index is 0.312. The smallest absolute Gasteiger partial charge is 0.110 e. The van der Waals surface area contributed by atoms with Crippen molar-refractivity contribution >= 4 is 11.8 Å². The van der Waals surface area contributed by atoms with Crippen LogP contribution in [0, 0.1) is 0 Å². The lowest BCUT2D eigenvalue weighted by atomic mass is 10.1. The molecule has 0 saturated carbocycles. The fourth-order valence-electron chi connectivity index (χ4n) is 1.90. The van der Waals surface area contributed by atoms with Crippen LogP contribution in [0.1, 0.15) is 11.7 Å². The van der Waals surface area contributed by atoms with Crippen LogP contribution in [0.15, 0.2) is 65.6 Å². The molecule has 1 aliphatic rings. The van der Waals surface area contributed by atoms with Crippen LogP contribution in [0.2, 0.25) is 0 Å². The second-order valence-electron chi connectivity index (χ2n) is 4.13. The van der Waals surface area contributed by atoms with Gasteiger partial charge >= 0.3 is 0 Å². The Hall–Kier alpha value is -1.25. The molecule has 0 spiro atoms. The highest BCUT2D eigenvalue weighted by atomic mass is 32.2. The Labute approximate surface area is 106 Å². The predicted molar refractivity (Wildman–Crippen MR) is 71.2 cm³/mol. The SMILES string of the molecule is c1ccc(SC[C@@H]2O[C@H]2c2ccccc2)cc1. The van der Waals surface area contributed by atoms with E-state index in [1.54, 1.807) is 0 Å². The van der Waals surface area contributed by atoms with Crippen LogP contribution in [-0.2, 0) is 4.74 Å². The van der Waals surface area contributed by atoms with Gasteiger partial charge in [0.2, 0.25) is 0 Å². The van der Waals surface area contributed by atoms with Gasteiger partial charge in [-0.25, -0.2) is 0 Å². The highest BCUT2D eigenvalue weighted by molar-refractivity contribution is 7.99. The second-order valence-corrected chi connectivity index (χ2v) is 5.22. The number of epoxide rings is 1. The Balaban J connectivity index is 1.53. The third-order valence-corrected chi connectivity index (χ3v) is 3.97. The van der Waals surface area contributed by atoms with Crippen molar-refractivity contribution in [1.29, 1.82) is 0 Å². The molecule has 0 unspecified atom stereocenters. The van der Waals surface area contributed by atoms with Crippen LogP contribution in [0.3, 0.4) is 0 Å². The van der Waals surface area contributed by atoms with E-state index in [1.807, 2.05) is 23.9 Å². The van der Waals surface area contributed by atoms with Crippen LogP contribution >= 0.6 is 11.8 Å². The van der Waals surface area contributed by atoms with Crippen LogP contribution in [0.5, 0.6) is 0 Å². The van der Waals surface area contributed by atoms with Crippen molar-refractivity contribution in [2.24, 2.45) is 0 Å². The van der Waals surface area contributed by atoms with E-state index in [1.165, 1.54) is 10.5 Å². The number of ether oxygens (including phenoxy) is 1. The monoisotopic (exact) mass is 242 g/mol. The highest BCUT2D eigenvalue weighted by Gasteiger charge is 2.39. The average molecular weight is 242 g/mol. The minimum Gasteiger partial charge on any atom is -0.364 e. The molecule has 17 heavy (non-hydrogen) atoms. The number of hydrogen-bond donors (Lipinski definition) is 0. The summed E-state index contributed by atoms with van der Waals surface area (Å²) in [7, 11) is 0. The van der Waals surface area contributed by atoms with Gasteiger partial charge in [-0.2, -0.15) is 0 Å². The van der Waals surface area contributed by atoms with Crippen molar-refractivity contribution < 1.29 is 4.74 Å². The summed E-state index contributed by atoms with van der Waals surface area (Å²) in [5.74, 6) is 1.03. The summed E-state index contributed by atoms with van der Waals surface area (Å²) in [6, 6.07) is 20.9. The van der Waals surface area contributed by atoms with Gasteiger partial charge in [-0.1, -0.05) is 48.5 Å². The lowest BCUT2D eigenvalue weighted by molar-refractivity contribution is 0.385. The first kappa shape index (κ1) is 10.9. The fraction of sp³-hybridized carbons (Fsp3) is 0.200. The van der Waals surface area contributed by atoms with Crippen molar-refractivity contribution in [3.05, 3.63) is 66.2 Å². The molecule has 86 valence electrons. The minimum atomic E-state index is 0.312. The van der Waals surface area contributed by atoms with Gasteiger partial charge in [-0.3, -0.25) is 0 Å². The topological polar surface area (TPSA) is 12.5 Å². The van der Waals surface area contributed by atoms with E-state index in [9.17, 15) is 0 Å².